The zero-order chi connectivity index (χ0) is 19.1. The van der Waals surface area contributed by atoms with E-state index >= 15 is 0 Å². The average molecular weight is 362 g/mol. The molecule has 2 heterocycles. The number of carbonyl (C=O) groups is 1. The molecule has 6 nitrogen and oxygen atoms in total. The molecule has 0 saturated heterocycles. The highest BCUT2D eigenvalue weighted by Gasteiger charge is 2.17. The Morgan fingerprint density at radius 2 is 1.85 bits per heavy atom. The number of phenols is 1. The van der Waals surface area contributed by atoms with Crippen LogP contribution in [0.25, 0.3) is 22.6 Å². The Balaban J connectivity index is 1.76. The molecule has 27 heavy (non-hydrogen) atoms. The molecule has 1 amide bonds. The molecule has 0 radical (unpaired) electrons. The highest BCUT2D eigenvalue weighted by molar-refractivity contribution is 6.02. The number of oxazole rings is 1. The molecule has 0 unspecified atom stereocenters. The van der Waals surface area contributed by atoms with Gasteiger partial charge in [-0.1, -0.05) is 0 Å². The van der Waals surface area contributed by atoms with Gasteiger partial charge in [-0.3, -0.25) is 4.79 Å². The summed E-state index contributed by atoms with van der Waals surface area (Å²) in [5, 5.41) is 13.3. The molecule has 2 aromatic heterocycles. The van der Waals surface area contributed by atoms with Gasteiger partial charge in [0.15, 0.2) is 11.3 Å². The summed E-state index contributed by atoms with van der Waals surface area (Å²) >= 11 is 0. The molecular weight excluding hydrogens is 344 g/mol. The van der Waals surface area contributed by atoms with Crippen molar-refractivity contribution in [3.05, 3.63) is 65.1 Å². The van der Waals surface area contributed by atoms with Crippen LogP contribution in [0.2, 0.25) is 0 Å². The van der Waals surface area contributed by atoms with Crippen LogP contribution < -0.4 is 5.32 Å². The molecule has 4 rings (SSSR count). The van der Waals surface area contributed by atoms with Crippen LogP contribution in [0.5, 0.6) is 5.75 Å². The number of aromatic hydroxyl groups is 1. The van der Waals surface area contributed by atoms with Crippen LogP contribution in [-0.4, -0.2) is 16.0 Å². The van der Waals surface area contributed by atoms with Crippen molar-refractivity contribution in [1.29, 1.82) is 0 Å². The Morgan fingerprint density at radius 3 is 2.59 bits per heavy atom. The van der Waals surface area contributed by atoms with Crippen molar-refractivity contribution in [1.82, 2.24) is 4.98 Å². The molecule has 0 spiro atoms. The molecule has 4 aromatic rings. The Morgan fingerprint density at radius 1 is 1.07 bits per heavy atom. The molecule has 0 bridgehead atoms. The smallest absolute Gasteiger partial charge is 0.291 e. The average Bonchev–Trinajstić information content (AvgIpc) is 3.28. The van der Waals surface area contributed by atoms with E-state index in [0.717, 1.165) is 16.6 Å². The van der Waals surface area contributed by atoms with Crippen LogP contribution in [0.4, 0.5) is 5.69 Å². The topological polar surface area (TPSA) is 88.5 Å². The van der Waals surface area contributed by atoms with Gasteiger partial charge in [-0.15, -0.1) is 0 Å². The lowest BCUT2D eigenvalue weighted by Gasteiger charge is -2.09. The first kappa shape index (κ1) is 16.9. The van der Waals surface area contributed by atoms with Crippen molar-refractivity contribution in [3.8, 4) is 17.2 Å². The van der Waals surface area contributed by atoms with Gasteiger partial charge in [0, 0.05) is 5.69 Å². The fourth-order valence-corrected chi connectivity index (χ4v) is 2.91. The normalized spacial score (nSPS) is 11.1. The summed E-state index contributed by atoms with van der Waals surface area (Å²) in [6.07, 6.45) is 1.44. The Labute approximate surface area is 155 Å². The SMILES string of the molecule is Cc1cc2nc(-c3cc(NC(=O)c4ccco4)cc(C)c3O)oc2cc1C. The summed E-state index contributed by atoms with van der Waals surface area (Å²) in [4.78, 5) is 16.7. The van der Waals surface area contributed by atoms with Crippen LogP contribution >= 0.6 is 0 Å². The number of fused-ring (bicyclic) bond motifs is 1. The number of carbonyl (C=O) groups excluding carboxylic acids is 1. The van der Waals surface area contributed by atoms with Crippen LogP contribution in [-0.2, 0) is 0 Å². The second-order valence-corrected chi connectivity index (χ2v) is 6.54. The van der Waals surface area contributed by atoms with E-state index in [2.05, 4.69) is 10.3 Å². The van der Waals surface area contributed by atoms with Crippen molar-refractivity contribution >= 4 is 22.7 Å². The summed E-state index contributed by atoms with van der Waals surface area (Å²) in [5.74, 6) is 0.186. The minimum absolute atomic E-state index is 0.0611. The van der Waals surface area contributed by atoms with Gasteiger partial charge in [0.2, 0.25) is 5.89 Å². The first-order valence-corrected chi connectivity index (χ1v) is 8.49. The predicted molar refractivity (Wildman–Crippen MR) is 102 cm³/mol. The molecule has 6 heteroatoms. The summed E-state index contributed by atoms with van der Waals surface area (Å²) in [7, 11) is 0. The van der Waals surface area contributed by atoms with Crippen molar-refractivity contribution in [2.75, 3.05) is 5.32 Å². The lowest BCUT2D eigenvalue weighted by molar-refractivity contribution is 0.0996. The van der Waals surface area contributed by atoms with Crippen molar-refractivity contribution in [3.63, 3.8) is 0 Å². The molecule has 0 fully saturated rings. The third-order valence-corrected chi connectivity index (χ3v) is 4.54. The highest BCUT2D eigenvalue weighted by Crippen LogP contribution is 2.36. The van der Waals surface area contributed by atoms with Crippen LogP contribution in [0, 0.1) is 20.8 Å². The Bertz CT molecular complexity index is 1120. The standard InChI is InChI=1S/C21H18N2O4/c1-11-8-16-18(9-12(11)2)27-21(23-16)15-10-14(7-13(3)19(15)24)22-20(25)17-5-4-6-26-17/h4-10,24H,1-3H3,(H,22,25). The molecule has 2 N–H and O–H groups in total. The predicted octanol–water partition coefficient (Wildman–Crippen LogP) is 4.97. The van der Waals surface area contributed by atoms with E-state index in [0.29, 0.717) is 28.3 Å². The Kier molecular flexibility index (Phi) is 3.96. The van der Waals surface area contributed by atoms with Gasteiger partial charge in [0.1, 0.15) is 11.3 Å². The lowest BCUT2D eigenvalue weighted by Crippen LogP contribution is -2.11. The zero-order valence-corrected chi connectivity index (χ0v) is 15.2. The van der Waals surface area contributed by atoms with E-state index in [1.54, 1.807) is 31.2 Å². The maximum atomic E-state index is 12.2. The zero-order valence-electron chi connectivity index (χ0n) is 15.2. The van der Waals surface area contributed by atoms with Crippen molar-refractivity contribution in [2.24, 2.45) is 0 Å². The van der Waals surface area contributed by atoms with E-state index in [4.69, 9.17) is 8.83 Å². The third kappa shape index (κ3) is 3.06. The monoisotopic (exact) mass is 362 g/mol. The Hall–Kier alpha value is -3.54. The molecule has 2 aromatic carbocycles. The maximum absolute atomic E-state index is 12.2. The number of nitrogens with zero attached hydrogens (tertiary/aromatic N) is 1. The number of amides is 1. The number of hydrogen-bond donors (Lipinski definition) is 2. The number of anilines is 1. The minimum atomic E-state index is -0.375. The molecule has 0 aliphatic carbocycles. The van der Waals surface area contributed by atoms with E-state index in [-0.39, 0.29) is 17.4 Å². The summed E-state index contributed by atoms with van der Waals surface area (Å²) in [5.41, 5.74) is 5.10. The second-order valence-electron chi connectivity index (χ2n) is 6.54. The number of aromatic nitrogens is 1. The number of phenolic OH excluding ortho intramolecular Hbond substituents is 1. The van der Waals surface area contributed by atoms with E-state index in [9.17, 15) is 9.90 Å². The number of rotatable bonds is 3. The molecule has 0 saturated carbocycles. The molecular formula is C21H18N2O4. The minimum Gasteiger partial charge on any atom is -0.507 e. The van der Waals surface area contributed by atoms with Gasteiger partial charge in [-0.25, -0.2) is 4.98 Å². The highest BCUT2D eigenvalue weighted by atomic mass is 16.4. The fourth-order valence-electron chi connectivity index (χ4n) is 2.91. The lowest BCUT2D eigenvalue weighted by atomic mass is 10.1. The summed E-state index contributed by atoms with van der Waals surface area (Å²) in [6.45, 7) is 5.76. The van der Waals surface area contributed by atoms with E-state index in [1.807, 2.05) is 26.0 Å². The molecule has 136 valence electrons. The number of nitrogens with one attached hydrogen (secondary N) is 1. The molecule has 0 aliphatic rings. The van der Waals surface area contributed by atoms with Crippen LogP contribution in [0.3, 0.4) is 0 Å². The maximum Gasteiger partial charge on any atom is 0.291 e. The van der Waals surface area contributed by atoms with Gasteiger partial charge in [0.25, 0.3) is 5.91 Å². The van der Waals surface area contributed by atoms with Gasteiger partial charge < -0.3 is 19.3 Å². The number of benzene rings is 2. The largest absolute Gasteiger partial charge is 0.507 e. The fraction of sp³-hybridized carbons (Fsp3) is 0.143. The van der Waals surface area contributed by atoms with Gasteiger partial charge in [-0.2, -0.15) is 0 Å². The number of hydrogen-bond acceptors (Lipinski definition) is 5. The summed E-state index contributed by atoms with van der Waals surface area (Å²) < 4.78 is 11.0. The quantitative estimate of drug-likeness (QED) is 0.502. The van der Waals surface area contributed by atoms with Crippen molar-refractivity contribution < 1.29 is 18.7 Å². The first-order chi connectivity index (χ1) is 12.9. The van der Waals surface area contributed by atoms with Gasteiger partial charge in [-0.05, 0) is 73.9 Å². The van der Waals surface area contributed by atoms with Crippen LogP contribution in [0.15, 0.2) is 51.5 Å². The van der Waals surface area contributed by atoms with Crippen LogP contribution in [0.1, 0.15) is 27.2 Å². The third-order valence-electron chi connectivity index (χ3n) is 4.54. The van der Waals surface area contributed by atoms with Gasteiger partial charge in [0.05, 0.1) is 11.8 Å². The summed E-state index contributed by atoms with van der Waals surface area (Å²) in [6, 6.07) is 10.4. The molecule has 0 atom stereocenters. The second kappa shape index (κ2) is 6.32. The van der Waals surface area contributed by atoms with E-state index in [1.165, 1.54) is 6.26 Å². The molecule has 0 aliphatic heterocycles. The first-order valence-electron chi connectivity index (χ1n) is 8.49. The van der Waals surface area contributed by atoms with Gasteiger partial charge >= 0.3 is 0 Å². The number of aryl methyl sites for hydroxylation is 3. The number of furan rings is 1. The van der Waals surface area contributed by atoms with E-state index < -0.39 is 0 Å². The van der Waals surface area contributed by atoms with Crippen molar-refractivity contribution in [2.45, 2.75) is 20.8 Å².